The standard InChI is InChI=1S/C11H22NO5/c1-2-11(15)12(3-7-16-9-5-13)4-8-17-10-6-14/h13-14H,1-10H2. The summed E-state index contributed by atoms with van der Waals surface area (Å²) >= 11 is 0. The maximum atomic E-state index is 11.5. The number of nitrogens with zero attached hydrogens (tertiary/aromatic N) is 1. The lowest BCUT2D eigenvalue weighted by atomic mass is 10.4. The predicted octanol–water partition coefficient (Wildman–Crippen LogP) is -0.943. The quantitative estimate of drug-likeness (QED) is 0.461. The largest absolute Gasteiger partial charge is 0.394 e. The highest BCUT2D eigenvalue weighted by molar-refractivity contribution is 5.76. The van der Waals surface area contributed by atoms with Crippen LogP contribution in [0.4, 0.5) is 0 Å². The number of amides is 1. The molecular formula is C11H22NO5. The Bertz CT molecular complexity index is 177. The van der Waals surface area contributed by atoms with Gasteiger partial charge in [-0.05, 0) is 6.92 Å². The molecule has 0 unspecified atom stereocenters. The van der Waals surface area contributed by atoms with Crippen LogP contribution in [0.25, 0.3) is 0 Å². The van der Waals surface area contributed by atoms with Crippen LogP contribution in [-0.4, -0.2) is 73.8 Å². The van der Waals surface area contributed by atoms with Crippen LogP contribution in [-0.2, 0) is 14.3 Å². The number of rotatable bonds is 11. The highest BCUT2D eigenvalue weighted by Gasteiger charge is 2.10. The van der Waals surface area contributed by atoms with Gasteiger partial charge >= 0.3 is 0 Å². The number of carbonyl (C=O) groups is 1. The molecule has 6 heteroatoms. The van der Waals surface area contributed by atoms with Gasteiger partial charge in [-0.3, -0.25) is 4.79 Å². The van der Waals surface area contributed by atoms with Gasteiger partial charge in [0.1, 0.15) is 0 Å². The Kier molecular flexibility index (Phi) is 11.3. The number of hydrogen-bond donors (Lipinski definition) is 2. The van der Waals surface area contributed by atoms with Gasteiger partial charge in [0.2, 0.25) is 5.91 Å². The Morgan fingerprint density at radius 1 is 1.00 bits per heavy atom. The van der Waals surface area contributed by atoms with Crippen LogP contribution < -0.4 is 0 Å². The summed E-state index contributed by atoms with van der Waals surface area (Å²) in [5, 5.41) is 17.1. The molecule has 1 radical (unpaired) electrons. The normalized spacial score (nSPS) is 10.5. The molecule has 0 saturated carbocycles. The first-order valence-corrected chi connectivity index (χ1v) is 5.70. The summed E-state index contributed by atoms with van der Waals surface area (Å²) in [5.74, 6) is -0.0646. The fourth-order valence-electron chi connectivity index (χ4n) is 1.20. The van der Waals surface area contributed by atoms with E-state index in [9.17, 15) is 4.79 Å². The summed E-state index contributed by atoms with van der Waals surface area (Å²) < 4.78 is 10.2. The average molecular weight is 248 g/mol. The summed E-state index contributed by atoms with van der Waals surface area (Å²) in [7, 11) is 0. The third kappa shape index (κ3) is 9.05. The molecule has 2 N–H and O–H groups in total. The minimum absolute atomic E-state index is 0.0249. The molecule has 0 bridgehead atoms. The van der Waals surface area contributed by atoms with Crippen LogP contribution >= 0.6 is 0 Å². The van der Waals surface area contributed by atoms with E-state index >= 15 is 0 Å². The van der Waals surface area contributed by atoms with E-state index in [0.29, 0.717) is 26.3 Å². The molecule has 17 heavy (non-hydrogen) atoms. The van der Waals surface area contributed by atoms with E-state index in [-0.39, 0.29) is 38.8 Å². The van der Waals surface area contributed by atoms with Gasteiger partial charge in [0.15, 0.2) is 0 Å². The van der Waals surface area contributed by atoms with Gasteiger partial charge in [-0.1, -0.05) is 0 Å². The molecule has 0 aliphatic carbocycles. The molecule has 0 fully saturated rings. The molecule has 0 saturated heterocycles. The fourth-order valence-corrected chi connectivity index (χ4v) is 1.20. The van der Waals surface area contributed by atoms with Gasteiger partial charge in [0.05, 0.1) is 39.6 Å². The Balaban J connectivity index is 3.76. The van der Waals surface area contributed by atoms with Crippen LogP contribution in [0.1, 0.15) is 6.42 Å². The lowest BCUT2D eigenvalue weighted by Gasteiger charge is -2.22. The SMILES string of the molecule is [CH2]CC(=O)N(CCOCCO)CCOCCO. The molecule has 0 spiro atoms. The monoisotopic (exact) mass is 248 g/mol. The molecule has 0 aliphatic heterocycles. The van der Waals surface area contributed by atoms with Crippen molar-refractivity contribution >= 4 is 5.91 Å². The second-order valence-corrected chi connectivity index (χ2v) is 3.30. The first kappa shape index (κ1) is 16.3. The Morgan fingerprint density at radius 2 is 1.47 bits per heavy atom. The van der Waals surface area contributed by atoms with Crippen molar-refractivity contribution in [1.29, 1.82) is 0 Å². The summed E-state index contributed by atoms with van der Waals surface area (Å²) in [6.07, 6.45) is 0.194. The zero-order valence-corrected chi connectivity index (χ0v) is 10.1. The van der Waals surface area contributed by atoms with Crippen LogP contribution in [0.5, 0.6) is 0 Å². The van der Waals surface area contributed by atoms with Gasteiger partial charge in [0.25, 0.3) is 0 Å². The predicted molar refractivity (Wildman–Crippen MR) is 62.4 cm³/mol. The molecule has 0 aromatic heterocycles. The van der Waals surface area contributed by atoms with E-state index in [0.717, 1.165) is 0 Å². The van der Waals surface area contributed by atoms with Gasteiger partial charge in [-0.25, -0.2) is 0 Å². The lowest BCUT2D eigenvalue weighted by Crippen LogP contribution is -2.36. The molecule has 0 aromatic carbocycles. The van der Waals surface area contributed by atoms with E-state index < -0.39 is 0 Å². The van der Waals surface area contributed by atoms with Crippen LogP contribution in [0.2, 0.25) is 0 Å². The van der Waals surface area contributed by atoms with Crippen molar-refractivity contribution in [2.24, 2.45) is 0 Å². The highest BCUT2D eigenvalue weighted by Crippen LogP contribution is 1.94. The third-order valence-electron chi connectivity index (χ3n) is 2.05. The Hall–Kier alpha value is -0.690. The number of ether oxygens (including phenoxy) is 2. The zero-order valence-electron chi connectivity index (χ0n) is 10.1. The first-order chi connectivity index (χ1) is 8.26. The van der Waals surface area contributed by atoms with E-state index in [1.54, 1.807) is 4.90 Å². The summed E-state index contributed by atoms with van der Waals surface area (Å²) in [4.78, 5) is 13.1. The molecule has 6 nitrogen and oxygen atoms in total. The minimum Gasteiger partial charge on any atom is -0.394 e. The summed E-state index contributed by atoms with van der Waals surface area (Å²) in [6, 6.07) is 0. The minimum atomic E-state index is -0.0646. The van der Waals surface area contributed by atoms with Crippen molar-refractivity contribution in [3.8, 4) is 0 Å². The van der Waals surface area contributed by atoms with Crippen LogP contribution in [0, 0.1) is 6.92 Å². The molecule has 0 aromatic rings. The molecule has 0 heterocycles. The molecular weight excluding hydrogens is 226 g/mol. The van der Waals surface area contributed by atoms with E-state index in [1.165, 1.54) is 0 Å². The summed E-state index contributed by atoms with van der Waals surface area (Å²) in [5.41, 5.74) is 0. The fraction of sp³-hybridized carbons (Fsp3) is 0.818. The zero-order chi connectivity index (χ0) is 12.9. The van der Waals surface area contributed by atoms with E-state index in [2.05, 4.69) is 6.92 Å². The van der Waals surface area contributed by atoms with Crippen LogP contribution in [0.3, 0.4) is 0 Å². The van der Waals surface area contributed by atoms with Gasteiger partial charge in [-0.2, -0.15) is 0 Å². The van der Waals surface area contributed by atoms with Crippen molar-refractivity contribution < 1.29 is 24.5 Å². The smallest absolute Gasteiger partial charge is 0.222 e. The molecule has 1 amide bonds. The van der Waals surface area contributed by atoms with E-state index in [4.69, 9.17) is 19.7 Å². The maximum Gasteiger partial charge on any atom is 0.222 e. The number of carbonyl (C=O) groups excluding carboxylic acids is 1. The second kappa shape index (κ2) is 11.8. The maximum absolute atomic E-state index is 11.5. The number of aliphatic hydroxyl groups excluding tert-OH is 2. The topological polar surface area (TPSA) is 79.2 Å². The van der Waals surface area contributed by atoms with Crippen molar-refractivity contribution in [3.63, 3.8) is 0 Å². The Morgan fingerprint density at radius 3 is 1.82 bits per heavy atom. The van der Waals surface area contributed by atoms with Crippen molar-refractivity contribution in [3.05, 3.63) is 6.92 Å². The van der Waals surface area contributed by atoms with Crippen molar-refractivity contribution in [2.45, 2.75) is 6.42 Å². The van der Waals surface area contributed by atoms with Gasteiger partial charge in [0, 0.05) is 19.5 Å². The van der Waals surface area contributed by atoms with Gasteiger partial charge < -0.3 is 24.6 Å². The average Bonchev–Trinajstić information content (AvgIpc) is 2.36. The molecule has 0 atom stereocenters. The third-order valence-corrected chi connectivity index (χ3v) is 2.05. The molecule has 0 aliphatic rings. The van der Waals surface area contributed by atoms with Gasteiger partial charge in [-0.15, -0.1) is 0 Å². The number of aliphatic hydroxyl groups is 2. The number of hydrogen-bond acceptors (Lipinski definition) is 5. The van der Waals surface area contributed by atoms with Crippen molar-refractivity contribution in [2.75, 3.05) is 52.7 Å². The molecule has 101 valence electrons. The second-order valence-electron chi connectivity index (χ2n) is 3.30. The van der Waals surface area contributed by atoms with E-state index in [1.807, 2.05) is 0 Å². The lowest BCUT2D eigenvalue weighted by molar-refractivity contribution is -0.132. The Labute approximate surface area is 102 Å². The first-order valence-electron chi connectivity index (χ1n) is 5.70. The highest BCUT2D eigenvalue weighted by atomic mass is 16.5. The van der Waals surface area contributed by atoms with Crippen molar-refractivity contribution in [1.82, 2.24) is 4.90 Å². The summed E-state index contributed by atoms with van der Waals surface area (Å²) in [6.45, 7) is 5.71. The van der Waals surface area contributed by atoms with Crippen LogP contribution in [0.15, 0.2) is 0 Å². The molecule has 0 rings (SSSR count).